The highest BCUT2D eigenvalue weighted by molar-refractivity contribution is 6.06. The van der Waals surface area contributed by atoms with Crippen LogP contribution in [0.25, 0.3) is 10.9 Å². The molecule has 0 aliphatic heterocycles. The van der Waals surface area contributed by atoms with Crippen LogP contribution in [0.1, 0.15) is 24.2 Å². The van der Waals surface area contributed by atoms with Gasteiger partial charge in [0.15, 0.2) is 0 Å². The van der Waals surface area contributed by atoms with E-state index in [1.54, 1.807) is 19.2 Å². The van der Waals surface area contributed by atoms with Gasteiger partial charge in [0, 0.05) is 18.1 Å². The Balaban J connectivity index is 2.24. The first kappa shape index (κ1) is 14.1. The van der Waals surface area contributed by atoms with E-state index in [9.17, 15) is 9.59 Å². The van der Waals surface area contributed by atoms with Crippen molar-refractivity contribution in [2.75, 3.05) is 19.7 Å². The molecule has 0 radical (unpaired) electrons. The van der Waals surface area contributed by atoms with Gasteiger partial charge in [-0.1, -0.05) is 12.1 Å². The van der Waals surface area contributed by atoms with Gasteiger partial charge in [-0.25, -0.2) is 0 Å². The number of aromatic amines is 1. The molecule has 1 heterocycles. The molecule has 0 saturated heterocycles. The van der Waals surface area contributed by atoms with E-state index in [4.69, 9.17) is 4.74 Å². The second-order valence-corrected chi connectivity index (χ2v) is 4.37. The Kier molecular flexibility index (Phi) is 4.40. The second-order valence-electron chi connectivity index (χ2n) is 4.37. The standard InChI is InChI=1S/C15H18N2O3/c1-3-17(10-13(18)20-4-2)15(19)12-7-5-6-11-8-9-16-14(11)12/h5-9,16H,3-4,10H2,1-2H3. The Morgan fingerprint density at radius 3 is 2.75 bits per heavy atom. The predicted molar refractivity (Wildman–Crippen MR) is 76.5 cm³/mol. The summed E-state index contributed by atoms with van der Waals surface area (Å²) in [6.07, 6.45) is 1.79. The first-order valence-electron chi connectivity index (χ1n) is 6.68. The van der Waals surface area contributed by atoms with Crippen molar-refractivity contribution in [2.24, 2.45) is 0 Å². The highest BCUT2D eigenvalue weighted by Gasteiger charge is 2.20. The summed E-state index contributed by atoms with van der Waals surface area (Å²) in [5.74, 6) is -0.560. The number of esters is 1. The quantitative estimate of drug-likeness (QED) is 0.850. The van der Waals surface area contributed by atoms with Crippen LogP contribution in [0, 0.1) is 0 Å². The number of nitrogens with one attached hydrogen (secondary N) is 1. The van der Waals surface area contributed by atoms with Gasteiger partial charge in [0.05, 0.1) is 17.7 Å². The lowest BCUT2D eigenvalue weighted by molar-refractivity contribution is -0.143. The molecule has 0 fully saturated rings. The number of amides is 1. The van der Waals surface area contributed by atoms with Gasteiger partial charge >= 0.3 is 5.97 Å². The fourth-order valence-corrected chi connectivity index (χ4v) is 2.12. The minimum Gasteiger partial charge on any atom is -0.465 e. The van der Waals surface area contributed by atoms with Crippen molar-refractivity contribution in [3.8, 4) is 0 Å². The Morgan fingerprint density at radius 1 is 1.25 bits per heavy atom. The number of hydrogen-bond donors (Lipinski definition) is 1. The maximum atomic E-state index is 12.5. The van der Waals surface area contributed by atoms with Crippen LogP contribution in [0.4, 0.5) is 0 Å². The lowest BCUT2D eigenvalue weighted by Crippen LogP contribution is -2.36. The molecule has 0 unspecified atom stereocenters. The van der Waals surface area contributed by atoms with Crippen LogP contribution >= 0.6 is 0 Å². The maximum absolute atomic E-state index is 12.5. The van der Waals surface area contributed by atoms with Crippen LogP contribution in [-0.2, 0) is 9.53 Å². The molecule has 1 aromatic carbocycles. The number of para-hydroxylation sites is 1. The van der Waals surface area contributed by atoms with Gasteiger partial charge in [0.25, 0.3) is 5.91 Å². The number of H-pyrrole nitrogens is 1. The van der Waals surface area contributed by atoms with E-state index >= 15 is 0 Å². The lowest BCUT2D eigenvalue weighted by Gasteiger charge is -2.20. The Bertz CT molecular complexity index is 618. The van der Waals surface area contributed by atoms with Crippen molar-refractivity contribution in [3.05, 3.63) is 36.0 Å². The van der Waals surface area contributed by atoms with E-state index in [-0.39, 0.29) is 18.4 Å². The molecule has 106 valence electrons. The molecular weight excluding hydrogens is 256 g/mol. The first-order valence-corrected chi connectivity index (χ1v) is 6.68. The third kappa shape index (κ3) is 2.82. The van der Waals surface area contributed by atoms with Crippen molar-refractivity contribution in [1.29, 1.82) is 0 Å². The fraction of sp³-hybridized carbons (Fsp3) is 0.333. The van der Waals surface area contributed by atoms with E-state index in [0.717, 1.165) is 10.9 Å². The summed E-state index contributed by atoms with van der Waals surface area (Å²) in [5, 5.41) is 0.975. The van der Waals surface area contributed by atoms with E-state index < -0.39 is 0 Å². The number of benzene rings is 1. The molecule has 0 aliphatic rings. The number of aromatic nitrogens is 1. The molecule has 5 heteroatoms. The molecule has 0 atom stereocenters. The van der Waals surface area contributed by atoms with Crippen LogP contribution in [0.3, 0.4) is 0 Å². The lowest BCUT2D eigenvalue weighted by atomic mass is 10.1. The zero-order valence-corrected chi connectivity index (χ0v) is 11.7. The number of fused-ring (bicyclic) bond motifs is 1. The molecule has 1 amide bonds. The van der Waals surface area contributed by atoms with Crippen LogP contribution in [0.15, 0.2) is 30.5 Å². The van der Waals surface area contributed by atoms with Crippen LogP contribution in [-0.4, -0.2) is 41.5 Å². The third-order valence-electron chi connectivity index (χ3n) is 3.11. The smallest absolute Gasteiger partial charge is 0.325 e. The van der Waals surface area contributed by atoms with Gasteiger partial charge in [0.2, 0.25) is 0 Å². The minimum absolute atomic E-state index is 0.0275. The number of hydrogen-bond acceptors (Lipinski definition) is 3. The van der Waals surface area contributed by atoms with Crippen LogP contribution in [0.2, 0.25) is 0 Å². The molecule has 2 rings (SSSR count). The van der Waals surface area contributed by atoms with Crippen molar-refractivity contribution < 1.29 is 14.3 Å². The van der Waals surface area contributed by atoms with Crippen molar-refractivity contribution in [2.45, 2.75) is 13.8 Å². The van der Waals surface area contributed by atoms with Crippen LogP contribution in [0.5, 0.6) is 0 Å². The molecule has 5 nitrogen and oxygen atoms in total. The average Bonchev–Trinajstić information content (AvgIpc) is 2.92. The van der Waals surface area contributed by atoms with E-state index in [2.05, 4.69) is 4.98 Å². The van der Waals surface area contributed by atoms with Gasteiger partial charge in [-0.3, -0.25) is 9.59 Å². The SMILES string of the molecule is CCOC(=O)CN(CC)C(=O)c1cccc2cc[nH]c12. The topological polar surface area (TPSA) is 62.4 Å². The van der Waals surface area contributed by atoms with Gasteiger partial charge in [0.1, 0.15) is 6.54 Å². The monoisotopic (exact) mass is 274 g/mol. The van der Waals surface area contributed by atoms with Gasteiger partial charge in [-0.05, 0) is 26.0 Å². The van der Waals surface area contributed by atoms with Crippen molar-refractivity contribution in [1.82, 2.24) is 9.88 Å². The zero-order chi connectivity index (χ0) is 14.5. The minimum atomic E-state index is -0.388. The Hall–Kier alpha value is -2.30. The molecule has 1 aromatic heterocycles. The summed E-state index contributed by atoms with van der Waals surface area (Å²) in [6.45, 7) is 4.33. The Morgan fingerprint density at radius 2 is 2.05 bits per heavy atom. The number of carbonyl (C=O) groups excluding carboxylic acids is 2. The van der Waals surface area contributed by atoms with E-state index in [0.29, 0.717) is 18.7 Å². The maximum Gasteiger partial charge on any atom is 0.325 e. The number of ether oxygens (including phenoxy) is 1. The van der Waals surface area contributed by atoms with Gasteiger partial charge in [-0.2, -0.15) is 0 Å². The second kappa shape index (κ2) is 6.23. The molecule has 0 aliphatic carbocycles. The summed E-state index contributed by atoms with van der Waals surface area (Å²) in [4.78, 5) is 28.6. The third-order valence-corrected chi connectivity index (χ3v) is 3.11. The normalized spacial score (nSPS) is 10.5. The number of rotatable bonds is 5. The first-order chi connectivity index (χ1) is 9.67. The molecule has 20 heavy (non-hydrogen) atoms. The van der Waals surface area contributed by atoms with E-state index in [1.807, 2.05) is 25.1 Å². The zero-order valence-electron chi connectivity index (χ0n) is 11.7. The summed E-state index contributed by atoms with van der Waals surface area (Å²) in [5.41, 5.74) is 1.36. The molecule has 0 bridgehead atoms. The summed E-state index contributed by atoms with van der Waals surface area (Å²) >= 11 is 0. The molecule has 0 spiro atoms. The van der Waals surface area contributed by atoms with E-state index in [1.165, 1.54) is 4.90 Å². The number of carbonyl (C=O) groups is 2. The fourth-order valence-electron chi connectivity index (χ4n) is 2.12. The van der Waals surface area contributed by atoms with Crippen molar-refractivity contribution >= 4 is 22.8 Å². The number of nitrogens with zero attached hydrogens (tertiary/aromatic N) is 1. The molecular formula is C15H18N2O3. The number of likely N-dealkylation sites (N-methyl/N-ethyl adjacent to an activating group) is 1. The average molecular weight is 274 g/mol. The van der Waals surface area contributed by atoms with Crippen LogP contribution < -0.4 is 0 Å². The highest BCUT2D eigenvalue weighted by atomic mass is 16.5. The molecule has 1 N–H and O–H groups in total. The summed E-state index contributed by atoms with van der Waals surface area (Å²) < 4.78 is 4.89. The highest BCUT2D eigenvalue weighted by Crippen LogP contribution is 2.18. The van der Waals surface area contributed by atoms with Gasteiger partial charge in [-0.15, -0.1) is 0 Å². The molecule has 2 aromatic rings. The van der Waals surface area contributed by atoms with Crippen molar-refractivity contribution in [3.63, 3.8) is 0 Å². The summed E-state index contributed by atoms with van der Waals surface area (Å²) in [6, 6.07) is 7.44. The molecule has 0 saturated carbocycles. The van der Waals surface area contributed by atoms with Gasteiger partial charge < -0.3 is 14.6 Å². The largest absolute Gasteiger partial charge is 0.465 e. The predicted octanol–water partition coefficient (Wildman–Crippen LogP) is 2.19. The Labute approximate surface area is 117 Å². The summed E-state index contributed by atoms with van der Waals surface area (Å²) in [7, 11) is 0.